The lowest BCUT2D eigenvalue weighted by Crippen LogP contribution is -1.89. The van der Waals surface area contributed by atoms with E-state index in [0.717, 1.165) is 26.1 Å². The fourth-order valence-electron chi connectivity index (χ4n) is 3.71. The normalized spacial score (nSPS) is 10.7. The summed E-state index contributed by atoms with van der Waals surface area (Å²) >= 11 is 5.67. The fraction of sp³-hybridized carbons (Fsp3) is 0.0345. The Bertz CT molecular complexity index is 2170. The summed E-state index contributed by atoms with van der Waals surface area (Å²) in [6.45, 7) is 1.41. The molecule has 0 atom stereocenters. The number of rotatable bonds is 0. The first-order chi connectivity index (χ1) is 21.1. The minimum Gasteiger partial charge on any atom is -0.399 e. The highest BCUT2D eigenvalue weighted by Gasteiger charge is 2.11. The van der Waals surface area contributed by atoms with Crippen molar-refractivity contribution >= 4 is 103 Å². The van der Waals surface area contributed by atoms with Crippen LogP contribution in [0.2, 0.25) is 0 Å². The van der Waals surface area contributed by atoms with Crippen LogP contribution in [0.4, 0.5) is 34.6 Å². The van der Waals surface area contributed by atoms with Gasteiger partial charge in [-0.2, -0.15) is 0 Å². The van der Waals surface area contributed by atoms with Crippen LogP contribution in [0.5, 0.6) is 0 Å². The van der Waals surface area contributed by atoms with E-state index in [4.69, 9.17) is 17.2 Å². The Hall–Kier alpha value is -4.44. The predicted octanol–water partition coefficient (Wildman–Crippen LogP) is 8.80. The number of nitrogen functional groups attached to an aromatic ring is 3. The Morgan fingerprint density at radius 2 is 1.07 bits per heavy atom. The Balaban J connectivity index is 0.000000117. The Labute approximate surface area is 263 Å². The third-order valence-corrected chi connectivity index (χ3v) is 9.19. The molecular weight excluding hydrogens is 651 g/mol. The molecule has 0 fully saturated rings. The van der Waals surface area contributed by atoms with E-state index in [0.29, 0.717) is 10.2 Å². The minimum atomic E-state index is -0.550. The van der Waals surface area contributed by atoms with Crippen molar-refractivity contribution in [3.8, 4) is 0 Å². The number of hydrogen-bond donors (Lipinski definition) is 3. The van der Waals surface area contributed by atoms with Crippen molar-refractivity contribution < 1.29 is 17.6 Å². The molecule has 8 aromatic rings. The third kappa shape index (κ3) is 6.86. The van der Waals surface area contributed by atoms with E-state index in [1.54, 1.807) is 40.6 Å². The zero-order chi connectivity index (χ0) is 31.4. The number of fused-ring (bicyclic) bond motifs is 4. The van der Waals surface area contributed by atoms with E-state index in [9.17, 15) is 17.6 Å². The maximum atomic E-state index is 13.2. The molecule has 0 saturated heterocycles. The number of aromatic nitrogens is 4. The first kappa shape index (κ1) is 31.0. The number of thiazole rings is 4. The standard InChI is InChI=1S/C8H5F2NS.2C7H5FN2S.C7H6N2S/c1-4-5(9)2-6-8(7(4)10)11-3-12-6;8-4-1-7-6(2-5(4)9)10-3-11-7;8-6-4(9)1-2-5-7(6)10-3-11-5;8-5-1-2-7-6(3-5)9-4-10-7/h2-3H,1H3;2*1-3H,9H2;1-4H,8H2. The van der Waals surface area contributed by atoms with Crippen LogP contribution in [0.3, 0.4) is 0 Å². The maximum absolute atomic E-state index is 13.2. The number of nitrogens with zero attached hydrogens (tertiary/aromatic N) is 4. The van der Waals surface area contributed by atoms with Gasteiger partial charge in [-0.25, -0.2) is 37.5 Å². The molecule has 0 aliphatic rings. The summed E-state index contributed by atoms with van der Waals surface area (Å²) in [6.07, 6.45) is 0. The molecule has 0 spiro atoms. The summed E-state index contributed by atoms with van der Waals surface area (Å²) in [7, 11) is 0. The summed E-state index contributed by atoms with van der Waals surface area (Å²) in [4.78, 5) is 15.8. The molecule has 7 nitrogen and oxygen atoms in total. The van der Waals surface area contributed by atoms with Crippen molar-refractivity contribution in [2.45, 2.75) is 6.92 Å². The molecule has 0 bridgehead atoms. The van der Waals surface area contributed by atoms with Crippen molar-refractivity contribution in [2.24, 2.45) is 0 Å². The quantitative estimate of drug-likeness (QED) is 0.109. The monoisotopic (exact) mass is 671 g/mol. The second kappa shape index (κ2) is 13.5. The molecule has 4 heterocycles. The summed E-state index contributed by atoms with van der Waals surface area (Å²) in [5.41, 5.74) is 26.3. The van der Waals surface area contributed by atoms with E-state index in [1.807, 2.05) is 23.7 Å². The highest BCUT2D eigenvalue weighted by molar-refractivity contribution is 7.17. The molecule has 224 valence electrons. The molecule has 0 aliphatic heterocycles. The second-order valence-electron chi connectivity index (χ2n) is 8.94. The smallest absolute Gasteiger partial charge is 0.173 e. The van der Waals surface area contributed by atoms with Gasteiger partial charge in [0.15, 0.2) is 11.6 Å². The van der Waals surface area contributed by atoms with Crippen LogP contribution in [0.1, 0.15) is 5.56 Å². The van der Waals surface area contributed by atoms with Gasteiger partial charge in [-0.05, 0) is 55.5 Å². The van der Waals surface area contributed by atoms with E-state index in [2.05, 4.69) is 19.9 Å². The van der Waals surface area contributed by atoms with Crippen LogP contribution in [-0.2, 0) is 0 Å². The van der Waals surface area contributed by atoms with E-state index in [-0.39, 0.29) is 28.3 Å². The van der Waals surface area contributed by atoms with Crippen LogP contribution < -0.4 is 17.2 Å². The van der Waals surface area contributed by atoms with Crippen molar-refractivity contribution in [1.82, 2.24) is 19.9 Å². The Kier molecular flexibility index (Phi) is 9.49. The van der Waals surface area contributed by atoms with Gasteiger partial charge in [0.2, 0.25) is 0 Å². The first-order valence-corrected chi connectivity index (χ1v) is 16.0. The lowest BCUT2D eigenvalue weighted by Gasteiger charge is -1.97. The van der Waals surface area contributed by atoms with Gasteiger partial charge in [0, 0.05) is 11.3 Å². The van der Waals surface area contributed by atoms with Gasteiger partial charge in [0.1, 0.15) is 22.7 Å². The summed E-state index contributed by atoms with van der Waals surface area (Å²) in [5.74, 6) is -1.85. The predicted molar refractivity (Wildman–Crippen MR) is 176 cm³/mol. The molecule has 15 heteroatoms. The van der Waals surface area contributed by atoms with Gasteiger partial charge in [0.25, 0.3) is 0 Å². The molecule has 0 radical (unpaired) electrons. The van der Waals surface area contributed by atoms with Crippen molar-refractivity contribution in [2.75, 3.05) is 17.2 Å². The summed E-state index contributed by atoms with van der Waals surface area (Å²) in [6, 6.07) is 13.3. The van der Waals surface area contributed by atoms with Crippen LogP contribution in [0, 0.1) is 30.2 Å². The molecule has 0 unspecified atom stereocenters. The highest BCUT2D eigenvalue weighted by atomic mass is 32.1. The number of hydrogen-bond acceptors (Lipinski definition) is 11. The fourth-order valence-corrected chi connectivity index (χ4v) is 6.42. The first-order valence-electron chi connectivity index (χ1n) is 12.4. The van der Waals surface area contributed by atoms with Gasteiger partial charge >= 0.3 is 0 Å². The van der Waals surface area contributed by atoms with Gasteiger partial charge in [-0.1, -0.05) is 0 Å². The van der Waals surface area contributed by atoms with Crippen LogP contribution in [0.15, 0.2) is 70.6 Å². The Morgan fingerprint density at radius 1 is 0.523 bits per heavy atom. The average molecular weight is 672 g/mol. The molecule has 0 aliphatic carbocycles. The number of halogens is 4. The summed E-state index contributed by atoms with van der Waals surface area (Å²) in [5, 5.41) is 0. The van der Waals surface area contributed by atoms with E-state index >= 15 is 0 Å². The number of anilines is 3. The van der Waals surface area contributed by atoms with Gasteiger partial charge in [0.05, 0.1) is 63.3 Å². The molecule has 4 aromatic carbocycles. The average Bonchev–Trinajstić information content (AvgIpc) is 3.82. The summed E-state index contributed by atoms with van der Waals surface area (Å²) < 4.78 is 55.4. The largest absolute Gasteiger partial charge is 0.399 e. The molecule has 0 amide bonds. The van der Waals surface area contributed by atoms with Crippen molar-refractivity contribution in [1.29, 1.82) is 0 Å². The van der Waals surface area contributed by atoms with Crippen LogP contribution in [0.25, 0.3) is 40.9 Å². The molecule has 8 rings (SSSR count). The zero-order valence-electron chi connectivity index (χ0n) is 22.6. The lowest BCUT2D eigenvalue weighted by atomic mass is 10.2. The minimum absolute atomic E-state index is 0.0356. The van der Waals surface area contributed by atoms with E-state index in [1.165, 1.54) is 63.3 Å². The topological polar surface area (TPSA) is 130 Å². The molecule has 6 N–H and O–H groups in total. The maximum Gasteiger partial charge on any atom is 0.173 e. The molecular formula is C29H21F4N7S4. The second-order valence-corrected chi connectivity index (χ2v) is 12.5. The van der Waals surface area contributed by atoms with Crippen molar-refractivity contribution in [3.05, 3.63) is 99.4 Å². The van der Waals surface area contributed by atoms with Crippen LogP contribution in [-0.4, -0.2) is 19.9 Å². The van der Waals surface area contributed by atoms with Gasteiger partial charge in [-0.15, -0.1) is 45.3 Å². The van der Waals surface area contributed by atoms with Gasteiger partial charge < -0.3 is 17.2 Å². The van der Waals surface area contributed by atoms with Gasteiger partial charge in [-0.3, -0.25) is 0 Å². The molecule has 44 heavy (non-hydrogen) atoms. The lowest BCUT2D eigenvalue weighted by molar-refractivity contribution is 0.576. The Morgan fingerprint density at radius 3 is 1.80 bits per heavy atom. The third-order valence-electron chi connectivity index (χ3n) is 6.02. The SMILES string of the molecule is Cc1c(F)cc2scnc2c1F.Nc1cc2ncsc2cc1F.Nc1ccc2scnc2c1.Nc1ccc2scnc2c1F. The van der Waals surface area contributed by atoms with Crippen molar-refractivity contribution in [3.63, 3.8) is 0 Å². The molecule has 0 saturated carbocycles. The highest BCUT2D eigenvalue weighted by Crippen LogP contribution is 2.26. The molecule has 4 aromatic heterocycles. The van der Waals surface area contributed by atoms with Crippen LogP contribution >= 0.6 is 45.3 Å². The number of nitrogens with two attached hydrogens (primary N) is 3. The van der Waals surface area contributed by atoms with E-state index < -0.39 is 17.5 Å². The number of benzene rings is 4. The zero-order valence-corrected chi connectivity index (χ0v) is 25.9.